The molecule has 0 aromatic carbocycles. The van der Waals surface area contributed by atoms with E-state index in [1.165, 1.54) is 12.8 Å². The maximum Gasteiger partial charge on any atom is 0.151 e. The predicted octanol–water partition coefficient (Wildman–Crippen LogP) is 1.03. The third-order valence-electron chi connectivity index (χ3n) is 5.35. The van der Waals surface area contributed by atoms with Crippen molar-refractivity contribution < 1.29 is 8.42 Å². The largest absolute Gasteiger partial charge is 0.308 e. The van der Waals surface area contributed by atoms with Gasteiger partial charge in [0.05, 0.1) is 11.5 Å². The van der Waals surface area contributed by atoms with Crippen molar-refractivity contribution in [2.45, 2.75) is 57.2 Å². The Morgan fingerprint density at radius 1 is 1.32 bits per heavy atom. The number of hydrogen-bond acceptors (Lipinski definition) is 4. The molecule has 0 aromatic heterocycles. The highest BCUT2D eigenvalue weighted by atomic mass is 32.2. The molecular weight excluding hydrogens is 260 g/mol. The summed E-state index contributed by atoms with van der Waals surface area (Å²) in [6.07, 6.45) is 4.60. The zero-order chi connectivity index (χ0) is 13.7. The molecule has 5 heteroatoms. The topological polar surface area (TPSA) is 49.4 Å². The highest BCUT2D eigenvalue weighted by Crippen LogP contribution is 2.42. The van der Waals surface area contributed by atoms with Crippen molar-refractivity contribution in [2.24, 2.45) is 5.92 Å². The minimum Gasteiger partial charge on any atom is -0.308 e. The molecule has 3 unspecified atom stereocenters. The number of piperazine rings is 1. The molecule has 3 fully saturated rings. The van der Waals surface area contributed by atoms with E-state index in [0.717, 1.165) is 31.8 Å². The summed E-state index contributed by atoms with van der Waals surface area (Å²) < 4.78 is 23.5. The standard InChI is InChI=1S/C14H26N2O2S/c1-3-12-8-15-14(2,11-4-5-11)10-16(12)13-6-7-19(17,18)9-13/h11-13,15H,3-10H2,1-2H3. The lowest BCUT2D eigenvalue weighted by Crippen LogP contribution is -2.66. The molecule has 0 bridgehead atoms. The summed E-state index contributed by atoms with van der Waals surface area (Å²) >= 11 is 0. The normalized spacial score (nSPS) is 43.5. The van der Waals surface area contributed by atoms with Crippen LogP contribution in [0.5, 0.6) is 0 Å². The fourth-order valence-electron chi connectivity index (χ4n) is 3.87. The van der Waals surface area contributed by atoms with Crippen LogP contribution in [0.1, 0.15) is 39.5 Å². The molecule has 1 aliphatic carbocycles. The zero-order valence-corrected chi connectivity index (χ0v) is 12.9. The predicted molar refractivity (Wildman–Crippen MR) is 77.0 cm³/mol. The molecule has 1 N–H and O–H groups in total. The summed E-state index contributed by atoms with van der Waals surface area (Å²) in [5.41, 5.74) is 0.206. The monoisotopic (exact) mass is 286 g/mol. The average Bonchev–Trinajstić information content (AvgIpc) is 3.15. The Bertz CT molecular complexity index is 446. The first-order valence-corrected chi connectivity index (χ1v) is 9.47. The molecule has 0 spiro atoms. The quantitative estimate of drug-likeness (QED) is 0.842. The summed E-state index contributed by atoms with van der Waals surface area (Å²) in [4.78, 5) is 2.51. The Kier molecular flexibility index (Phi) is 3.43. The van der Waals surface area contributed by atoms with Gasteiger partial charge in [-0.2, -0.15) is 0 Å². The number of nitrogens with zero attached hydrogens (tertiary/aromatic N) is 1. The molecule has 0 amide bonds. The van der Waals surface area contributed by atoms with Crippen molar-refractivity contribution in [3.05, 3.63) is 0 Å². The van der Waals surface area contributed by atoms with E-state index in [4.69, 9.17) is 0 Å². The maximum atomic E-state index is 11.7. The van der Waals surface area contributed by atoms with E-state index in [2.05, 4.69) is 24.1 Å². The molecule has 19 heavy (non-hydrogen) atoms. The summed E-state index contributed by atoms with van der Waals surface area (Å²) in [5, 5.41) is 3.74. The number of sulfone groups is 1. The Morgan fingerprint density at radius 2 is 2.05 bits per heavy atom. The van der Waals surface area contributed by atoms with Gasteiger partial charge in [-0.3, -0.25) is 4.90 Å². The van der Waals surface area contributed by atoms with Gasteiger partial charge in [-0.1, -0.05) is 6.92 Å². The van der Waals surface area contributed by atoms with Crippen molar-refractivity contribution in [1.29, 1.82) is 0 Å². The Balaban J connectivity index is 1.76. The first-order valence-electron chi connectivity index (χ1n) is 7.65. The van der Waals surface area contributed by atoms with Crippen molar-refractivity contribution >= 4 is 9.84 Å². The summed E-state index contributed by atoms with van der Waals surface area (Å²) in [6.45, 7) is 6.58. The second-order valence-electron chi connectivity index (χ2n) is 6.86. The SMILES string of the molecule is CCC1CNC(C)(C2CC2)CN1C1CCS(=O)(=O)C1. The molecule has 3 rings (SSSR count). The van der Waals surface area contributed by atoms with E-state index in [-0.39, 0.29) is 11.6 Å². The lowest BCUT2D eigenvalue weighted by atomic mass is 9.89. The zero-order valence-electron chi connectivity index (χ0n) is 12.1. The summed E-state index contributed by atoms with van der Waals surface area (Å²) in [5.74, 6) is 1.56. The fraction of sp³-hybridized carbons (Fsp3) is 1.00. The minimum absolute atomic E-state index is 0.206. The van der Waals surface area contributed by atoms with Crippen LogP contribution in [0.25, 0.3) is 0 Å². The fourth-order valence-corrected chi connectivity index (χ4v) is 5.61. The van der Waals surface area contributed by atoms with Crippen LogP contribution in [-0.4, -0.2) is 55.5 Å². The van der Waals surface area contributed by atoms with E-state index in [1.54, 1.807) is 0 Å². The molecule has 3 atom stereocenters. The summed E-state index contributed by atoms with van der Waals surface area (Å²) in [7, 11) is -2.78. The van der Waals surface area contributed by atoms with Gasteiger partial charge in [-0.15, -0.1) is 0 Å². The Labute approximate surface area is 116 Å². The molecular formula is C14H26N2O2S. The summed E-state index contributed by atoms with van der Waals surface area (Å²) in [6, 6.07) is 0.764. The molecule has 0 radical (unpaired) electrons. The van der Waals surface area contributed by atoms with Gasteiger partial charge in [-0.25, -0.2) is 8.42 Å². The van der Waals surface area contributed by atoms with Crippen LogP contribution in [0.2, 0.25) is 0 Å². The lowest BCUT2D eigenvalue weighted by molar-refractivity contribution is 0.0446. The van der Waals surface area contributed by atoms with Crippen LogP contribution >= 0.6 is 0 Å². The molecule has 2 heterocycles. The van der Waals surface area contributed by atoms with E-state index in [1.807, 2.05) is 0 Å². The van der Waals surface area contributed by atoms with Crippen molar-refractivity contribution in [1.82, 2.24) is 10.2 Å². The van der Waals surface area contributed by atoms with Gasteiger partial charge in [0.2, 0.25) is 0 Å². The van der Waals surface area contributed by atoms with Crippen molar-refractivity contribution in [2.75, 3.05) is 24.6 Å². The van der Waals surface area contributed by atoms with E-state index >= 15 is 0 Å². The van der Waals surface area contributed by atoms with Gasteiger partial charge >= 0.3 is 0 Å². The second kappa shape index (κ2) is 4.71. The van der Waals surface area contributed by atoms with Gasteiger partial charge in [0, 0.05) is 30.7 Å². The van der Waals surface area contributed by atoms with E-state index in [9.17, 15) is 8.42 Å². The van der Waals surface area contributed by atoms with E-state index < -0.39 is 9.84 Å². The first kappa shape index (κ1) is 13.8. The molecule has 4 nitrogen and oxygen atoms in total. The lowest BCUT2D eigenvalue weighted by Gasteiger charge is -2.48. The second-order valence-corrected chi connectivity index (χ2v) is 9.09. The van der Waals surface area contributed by atoms with Gasteiger partial charge in [0.15, 0.2) is 9.84 Å². The van der Waals surface area contributed by atoms with Gasteiger partial charge in [-0.05, 0) is 38.5 Å². The third-order valence-corrected chi connectivity index (χ3v) is 7.10. The van der Waals surface area contributed by atoms with E-state index in [0.29, 0.717) is 17.5 Å². The van der Waals surface area contributed by atoms with Gasteiger partial charge < -0.3 is 5.32 Å². The van der Waals surface area contributed by atoms with Crippen LogP contribution in [0.4, 0.5) is 0 Å². The Hall–Kier alpha value is -0.130. The van der Waals surface area contributed by atoms with Crippen LogP contribution in [0.3, 0.4) is 0 Å². The molecule has 1 saturated carbocycles. The Morgan fingerprint density at radius 3 is 2.58 bits per heavy atom. The van der Waals surface area contributed by atoms with Crippen LogP contribution < -0.4 is 5.32 Å². The minimum atomic E-state index is -2.78. The number of nitrogens with one attached hydrogen (secondary N) is 1. The molecule has 0 aromatic rings. The average molecular weight is 286 g/mol. The molecule has 2 aliphatic heterocycles. The highest BCUT2D eigenvalue weighted by Gasteiger charge is 2.48. The van der Waals surface area contributed by atoms with Crippen molar-refractivity contribution in [3.63, 3.8) is 0 Å². The van der Waals surface area contributed by atoms with Gasteiger partial charge in [0.1, 0.15) is 0 Å². The maximum absolute atomic E-state index is 11.7. The van der Waals surface area contributed by atoms with Crippen LogP contribution in [0, 0.1) is 5.92 Å². The smallest absolute Gasteiger partial charge is 0.151 e. The first-order chi connectivity index (χ1) is 8.93. The van der Waals surface area contributed by atoms with Crippen LogP contribution in [0.15, 0.2) is 0 Å². The van der Waals surface area contributed by atoms with Crippen molar-refractivity contribution in [3.8, 4) is 0 Å². The third kappa shape index (κ3) is 2.69. The molecule has 3 aliphatic rings. The number of rotatable bonds is 3. The molecule has 110 valence electrons. The number of hydrogen-bond donors (Lipinski definition) is 1. The molecule has 2 saturated heterocycles. The van der Waals surface area contributed by atoms with Crippen LogP contribution in [-0.2, 0) is 9.84 Å². The highest BCUT2D eigenvalue weighted by molar-refractivity contribution is 7.91. The van der Waals surface area contributed by atoms with Gasteiger partial charge in [0.25, 0.3) is 0 Å².